The lowest BCUT2D eigenvalue weighted by atomic mass is 10.0. The van der Waals surface area contributed by atoms with Crippen LogP contribution in [0, 0.1) is 5.92 Å². The summed E-state index contributed by atoms with van der Waals surface area (Å²) in [5.74, 6) is 0.381. The Morgan fingerprint density at radius 2 is 1.71 bits per heavy atom. The van der Waals surface area contributed by atoms with Crippen molar-refractivity contribution in [1.82, 2.24) is 10.6 Å². The largest absolute Gasteiger partial charge is 0.494 e. The van der Waals surface area contributed by atoms with Crippen LogP contribution >= 0.6 is 0 Å². The van der Waals surface area contributed by atoms with Crippen molar-refractivity contribution in [3.8, 4) is 5.75 Å². The first-order chi connectivity index (χ1) is 15.0. The van der Waals surface area contributed by atoms with Crippen LogP contribution in [0.4, 0.5) is 4.79 Å². The van der Waals surface area contributed by atoms with Crippen molar-refractivity contribution in [2.75, 3.05) is 13.2 Å². The highest BCUT2D eigenvalue weighted by atomic mass is 16.5. The highest BCUT2D eigenvalue weighted by Crippen LogP contribution is 2.11. The molecule has 0 spiro atoms. The molecule has 0 aromatic heterocycles. The van der Waals surface area contributed by atoms with Crippen LogP contribution in [0.1, 0.15) is 42.6 Å². The minimum absolute atomic E-state index is 0.0815. The van der Waals surface area contributed by atoms with E-state index in [1.165, 1.54) is 0 Å². The number of carbonyl (C=O) groups is 3. The summed E-state index contributed by atoms with van der Waals surface area (Å²) in [5.41, 5.74) is 1.48. The van der Waals surface area contributed by atoms with Crippen LogP contribution in [0.15, 0.2) is 54.6 Å². The molecule has 0 saturated heterocycles. The van der Waals surface area contributed by atoms with Crippen molar-refractivity contribution >= 4 is 18.3 Å². The number of nitrogens with one attached hydrogen (secondary N) is 2. The zero-order valence-electron chi connectivity index (χ0n) is 18.0. The highest BCUT2D eigenvalue weighted by molar-refractivity contribution is 5.85. The summed E-state index contributed by atoms with van der Waals surface area (Å²) in [6.07, 6.45) is 1.66. The lowest BCUT2D eigenvalue weighted by Gasteiger charge is -2.21. The van der Waals surface area contributed by atoms with E-state index in [0.717, 1.165) is 24.7 Å². The summed E-state index contributed by atoms with van der Waals surface area (Å²) in [6.45, 7) is 4.87. The third kappa shape index (κ3) is 8.90. The van der Waals surface area contributed by atoms with Gasteiger partial charge in [0.15, 0.2) is 0 Å². The molecule has 2 amide bonds. The van der Waals surface area contributed by atoms with Crippen molar-refractivity contribution in [3.63, 3.8) is 0 Å². The monoisotopic (exact) mass is 426 g/mol. The smallest absolute Gasteiger partial charge is 0.408 e. The number of rotatable bonds is 12. The van der Waals surface area contributed by atoms with E-state index in [0.29, 0.717) is 24.5 Å². The fraction of sp³-hybridized carbons (Fsp3) is 0.375. The highest BCUT2D eigenvalue weighted by Gasteiger charge is 2.24. The van der Waals surface area contributed by atoms with Gasteiger partial charge in [-0.3, -0.25) is 9.59 Å². The molecule has 0 aliphatic heterocycles. The normalized spacial score (nSPS) is 11.5. The van der Waals surface area contributed by atoms with Crippen molar-refractivity contribution in [1.29, 1.82) is 0 Å². The first-order valence-electron chi connectivity index (χ1n) is 10.4. The molecule has 1 atom stereocenters. The zero-order chi connectivity index (χ0) is 22.5. The summed E-state index contributed by atoms with van der Waals surface area (Å²) in [5, 5.41) is 5.50. The van der Waals surface area contributed by atoms with E-state index in [2.05, 4.69) is 10.6 Å². The number of alkyl carbamates (subject to hydrolysis) is 1. The maximum absolute atomic E-state index is 12.5. The van der Waals surface area contributed by atoms with E-state index in [-0.39, 0.29) is 18.4 Å². The molecule has 0 unspecified atom stereocenters. The molecule has 2 rings (SSSR count). The molecule has 166 valence electrons. The Kier molecular flexibility index (Phi) is 10.1. The van der Waals surface area contributed by atoms with Gasteiger partial charge in [0.25, 0.3) is 0 Å². The Hall–Kier alpha value is -3.35. The molecule has 0 saturated carbocycles. The van der Waals surface area contributed by atoms with Gasteiger partial charge in [-0.15, -0.1) is 0 Å². The number of hydrogen-bond acceptors (Lipinski definition) is 5. The van der Waals surface area contributed by atoms with Crippen molar-refractivity contribution < 1.29 is 23.9 Å². The predicted octanol–water partition coefficient (Wildman–Crippen LogP) is 3.73. The standard InChI is InChI=1S/C24H30N2O5/c1-18(2)22(26-24(29)31-17-20-8-4-3-5-9-20)23(28)25-14-6-7-15-30-21-12-10-19(16-27)11-13-21/h3-5,8-13,16,18,22H,6-7,14-15,17H2,1-2H3,(H,25,28)(H,26,29)/t22-/m0/s1. The average molecular weight is 427 g/mol. The van der Waals surface area contributed by atoms with Gasteiger partial charge in [0.1, 0.15) is 24.7 Å². The molecule has 31 heavy (non-hydrogen) atoms. The second-order valence-corrected chi connectivity index (χ2v) is 7.46. The molecular formula is C24H30N2O5. The molecule has 2 aromatic carbocycles. The van der Waals surface area contributed by atoms with Crippen LogP contribution in [0.5, 0.6) is 5.75 Å². The number of ether oxygens (including phenoxy) is 2. The molecule has 0 aliphatic rings. The molecule has 2 N–H and O–H groups in total. The number of amides is 2. The van der Waals surface area contributed by atoms with Gasteiger partial charge in [0, 0.05) is 12.1 Å². The Bertz CT molecular complexity index is 822. The number of unbranched alkanes of at least 4 members (excludes halogenated alkanes) is 1. The fourth-order valence-electron chi connectivity index (χ4n) is 2.81. The van der Waals surface area contributed by atoms with Crippen LogP contribution in [-0.2, 0) is 16.1 Å². The Balaban J connectivity index is 1.65. The van der Waals surface area contributed by atoms with Gasteiger partial charge in [0.2, 0.25) is 5.91 Å². The predicted molar refractivity (Wildman–Crippen MR) is 118 cm³/mol. The SMILES string of the molecule is CC(C)[C@H](NC(=O)OCc1ccccc1)C(=O)NCCCCOc1ccc(C=O)cc1. The fourth-order valence-corrected chi connectivity index (χ4v) is 2.81. The zero-order valence-corrected chi connectivity index (χ0v) is 18.0. The average Bonchev–Trinajstić information content (AvgIpc) is 2.79. The maximum atomic E-state index is 12.5. The van der Waals surface area contributed by atoms with Crippen molar-refractivity contribution in [3.05, 3.63) is 65.7 Å². The summed E-state index contributed by atoms with van der Waals surface area (Å²) in [6, 6.07) is 15.6. The quantitative estimate of drug-likeness (QED) is 0.398. The molecule has 0 aliphatic carbocycles. The van der Waals surface area contributed by atoms with Gasteiger partial charge in [-0.05, 0) is 48.6 Å². The molecule has 7 nitrogen and oxygen atoms in total. The Morgan fingerprint density at radius 3 is 2.35 bits per heavy atom. The second kappa shape index (κ2) is 13.1. The minimum Gasteiger partial charge on any atom is -0.494 e. The molecule has 0 heterocycles. The van der Waals surface area contributed by atoms with Crippen LogP contribution in [0.2, 0.25) is 0 Å². The first-order valence-corrected chi connectivity index (χ1v) is 10.4. The van der Waals surface area contributed by atoms with Crippen LogP contribution < -0.4 is 15.4 Å². The molecule has 0 bridgehead atoms. The number of aldehydes is 1. The molecule has 0 radical (unpaired) electrons. The third-order valence-electron chi connectivity index (χ3n) is 4.59. The van der Waals surface area contributed by atoms with Crippen LogP contribution in [0.3, 0.4) is 0 Å². The number of carbonyl (C=O) groups excluding carboxylic acids is 3. The second-order valence-electron chi connectivity index (χ2n) is 7.46. The Labute approximate surface area is 183 Å². The summed E-state index contributed by atoms with van der Waals surface area (Å²) in [7, 11) is 0. The molecule has 0 fully saturated rings. The maximum Gasteiger partial charge on any atom is 0.408 e. The topological polar surface area (TPSA) is 93.7 Å². The van der Waals surface area contributed by atoms with E-state index < -0.39 is 12.1 Å². The van der Waals surface area contributed by atoms with Crippen LogP contribution in [0.25, 0.3) is 0 Å². The van der Waals surface area contributed by atoms with Crippen LogP contribution in [-0.4, -0.2) is 37.5 Å². The summed E-state index contributed by atoms with van der Waals surface area (Å²) in [4.78, 5) is 35.2. The molecular weight excluding hydrogens is 396 g/mol. The lowest BCUT2D eigenvalue weighted by molar-refractivity contribution is -0.124. The summed E-state index contributed by atoms with van der Waals surface area (Å²) < 4.78 is 10.8. The minimum atomic E-state index is -0.671. The van der Waals surface area contributed by atoms with E-state index >= 15 is 0 Å². The number of hydrogen-bond donors (Lipinski definition) is 2. The van der Waals surface area contributed by atoms with Gasteiger partial charge in [0.05, 0.1) is 6.61 Å². The van der Waals surface area contributed by atoms with Gasteiger partial charge in [-0.25, -0.2) is 4.79 Å². The number of benzene rings is 2. The van der Waals surface area contributed by atoms with Gasteiger partial charge in [-0.1, -0.05) is 44.2 Å². The van der Waals surface area contributed by atoms with E-state index in [1.807, 2.05) is 44.2 Å². The van der Waals surface area contributed by atoms with E-state index in [4.69, 9.17) is 9.47 Å². The van der Waals surface area contributed by atoms with E-state index in [9.17, 15) is 14.4 Å². The molecule has 2 aromatic rings. The van der Waals surface area contributed by atoms with Crippen molar-refractivity contribution in [2.45, 2.75) is 39.3 Å². The van der Waals surface area contributed by atoms with Gasteiger partial charge >= 0.3 is 6.09 Å². The lowest BCUT2D eigenvalue weighted by Crippen LogP contribution is -2.50. The van der Waals surface area contributed by atoms with Gasteiger partial charge < -0.3 is 20.1 Å². The first kappa shape index (κ1) is 23.9. The third-order valence-corrected chi connectivity index (χ3v) is 4.59. The Morgan fingerprint density at radius 1 is 1.00 bits per heavy atom. The molecule has 7 heteroatoms. The van der Waals surface area contributed by atoms with E-state index in [1.54, 1.807) is 24.3 Å². The summed E-state index contributed by atoms with van der Waals surface area (Å²) >= 11 is 0. The van der Waals surface area contributed by atoms with Gasteiger partial charge in [-0.2, -0.15) is 0 Å². The van der Waals surface area contributed by atoms with Crippen molar-refractivity contribution in [2.24, 2.45) is 5.92 Å².